The van der Waals surface area contributed by atoms with Crippen LogP contribution in [0.5, 0.6) is 0 Å². The minimum Gasteiger partial charge on any atom is -0.345 e. The van der Waals surface area contributed by atoms with Crippen LogP contribution in [0.2, 0.25) is 0 Å². The number of ether oxygens (including phenoxy) is 2. The van der Waals surface area contributed by atoms with Gasteiger partial charge in [0.15, 0.2) is 5.79 Å². The zero-order valence-corrected chi connectivity index (χ0v) is 11.3. The van der Waals surface area contributed by atoms with E-state index in [1.54, 1.807) is 0 Å². The van der Waals surface area contributed by atoms with Crippen LogP contribution in [-0.4, -0.2) is 18.9 Å². The maximum absolute atomic E-state index is 6.03. The third-order valence-corrected chi connectivity index (χ3v) is 4.01. The molecule has 1 aromatic carbocycles. The lowest BCUT2D eigenvalue weighted by atomic mass is 10.1. The van der Waals surface area contributed by atoms with Crippen molar-refractivity contribution in [3.8, 4) is 0 Å². The Morgan fingerprint density at radius 3 is 2.53 bits per heavy atom. The largest absolute Gasteiger partial charge is 0.345 e. The monoisotopic (exact) mass is 297 g/mol. The van der Waals surface area contributed by atoms with E-state index in [2.05, 4.69) is 39.4 Å². The first-order chi connectivity index (χ1) is 8.27. The highest BCUT2D eigenvalue weighted by molar-refractivity contribution is 9.10. The van der Waals surface area contributed by atoms with E-state index >= 15 is 0 Å². The number of fused-ring (bicyclic) bond motifs is 1. The molecule has 17 heavy (non-hydrogen) atoms. The van der Waals surface area contributed by atoms with E-state index in [-0.39, 0.29) is 5.79 Å². The van der Waals surface area contributed by atoms with Gasteiger partial charge in [0.1, 0.15) is 0 Å². The third-order valence-electron chi connectivity index (χ3n) is 3.52. The average Bonchev–Trinajstić information content (AvgIpc) is 2.52. The van der Waals surface area contributed by atoms with E-state index in [1.807, 2.05) is 0 Å². The van der Waals surface area contributed by atoms with Crippen molar-refractivity contribution in [1.82, 2.24) is 5.32 Å². The van der Waals surface area contributed by atoms with E-state index in [0.29, 0.717) is 13.2 Å². The minimum atomic E-state index is -0.364. The first-order valence-corrected chi connectivity index (χ1v) is 6.83. The average molecular weight is 298 g/mol. The summed E-state index contributed by atoms with van der Waals surface area (Å²) >= 11 is 3.50. The van der Waals surface area contributed by atoms with Gasteiger partial charge in [-0.2, -0.15) is 0 Å². The summed E-state index contributed by atoms with van der Waals surface area (Å²) in [6.07, 6.45) is 1.87. The Balaban J connectivity index is 1.82. The Bertz CT molecular complexity index is 416. The molecule has 0 atom stereocenters. The molecule has 0 aromatic heterocycles. The lowest BCUT2D eigenvalue weighted by Crippen LogP contribution is -2.45. The van der Waals surface area contributed by atoms with Crippen molar-refractivity contribution >= 4 is 15.9 Å². The molecule has 1 spiro atoms. The van der Waals surface area contributed by atoms with Gasteiger partial charge in [0.05, 0.1) is 13.2 Å². The van der Waals surface area contributed by atoms with E-state index < -0.39 is 0 Å². The second kappa shape index (κ2) is 4.69. The molecule has 2 aliphatic rings. The highest BCUT2D eigenvalue weighted by Gasteiger charge is 2.36. The van der Waals surface area contributed by atoms with Crippen molar-refractivity contribution in [2.45, 2.75) is 31.8 Å². The minimum absolute atomic E-state index is 0.364. The van der Waals surface area contributed by atoms with Gasteiger partial charge in [-0.05, 0) is 23.3 Å². The van der Waals surface area contributed by atoms with Gasteiger partial charge in [0.2, 0.25) is 0 Å². The maximum Gasteiger partial charge on any atom is 0.171 e. The summed E-state index contributed by atoms with van der Waals surface area (Å²) in [4.78, 5) is 0. The summed E-state index contributed by atoms with van der Waals surface area (Å²) < 4.78 is 13.1. The fraction of sp³-hybridized carbons (Fsp3) is 0.538. The predicted molar refractivity (Wildman–Crippen MR) is 68.6 cm³/mol. The Hall–Kier alpha value is -0.420. The summed E-state index contributed by atoms with van der Waals surface area (Å²) in [5.41, 5.74) is 2.47. The van der Waals surface area contributed by atoms with Crippen LogP contribution < -0.4 is 5.32 Å². The number of piperidine rings is 1. The van der Waals surface area contributed by atoms with Gasteiger partial charge in [-0.3, -0.25) is 0 Å². The Morgan fingerprint density at radius 1 is 1.06 bits per heavy atom. The van der Waals surface area contributed by atoms with Gasteiger partial charge in [0, 0.05) is 30.4 Å². The summed E-state index contributed by atoms with van der Waals surface area (Å²) in [6, 6.07) is 6.30. The SMILES string of the molecule is Brc1ccc2c(c1)COC1(CCNCC1)OC2. The molecule has 0 unspecified atom stereocenters. The van der Waals surface area contributed by atoms with Gasteiger partial charge in [-0.25, -0.2) is 0 Å². The molecule has 0 saturated carbocycles. The fourth-order valence-electron chi connectivity index (χ4n) is 2.43. The van der Waals surface area contributed by atoms with Crippen LogP contribution in [0.3, 0.4) is 0 Å². The molecule has 0 aliphatic carbocycles. The van der Waals surface area contributed by atoms with Crippen molar-refractivity contribution in [3.05, 3.63) is 33.8 Å². The van der Waals surface area contributed by atoms with Gasteiger partial charge in [-0.1, -0.05) is 22.0 Å². The molecule has 1 N–H and O–H groups in total. The van der Waals surface area contributed by atoms with E-state index in [4.69, 9.17) is 9.47 Å². The number of nitrogens with one attached hydrogen (secondary N) is 1. The summed E-state index contributed by atoms with van der Waals surface area (Å²) in [7, 11) is 0. The molecule has 3 rings (SSSR count). The number of halogens is 1. The number of hydrogen-bond donors (Lipinski definition) is 1. The quantitative estimate of drug-likeness (QED) is 0.798. The molecule has 1 aromatic rings. The summed E-state index contributed by atoms with van der Waals surface area (Å²) in [5, 5.41) is 3.34. The van der Waals surface area contributed by atoms with Crippen LogP contribution in [0.4, 0.5) is 0 Å². The van der Waals surface area contributed by atoms with Crippen molar-refractivity contribution in [2.75, 3.05) is 13.1 Å². The second-order valence-corrected chi connectivity index (χ2v) is 5.57. The lowest BCUT2D eigenvalue weighted by Gasteiger charge is -2.35. The van der Waals surface area contributed by atoms with Crippen LogP contribution in [0.15, 0.2) is 22.7 Å². The normalized spacial score (nSPS) is 23.1. The third kappa shape index (κ3) is 2.40. The number of hydrogen-bond acceptors (Lipinski definition) is 3. The van der Waals surface area contributed by atoms with E-state index in [0.717, 1.165) is 30.4 Å². The molecule has 3 nitrogen and oxygen atoms in total. The predicted octanol–water partition coefficient (Wildman–Crippen LogP) is 2.58. The zero-order chi connectivity index (χ0) is 11.7. The molecule has 92 valence electrons. The number of benzene rings is 1. The van der Waals surface area contributed by atoms with Crippen molar-refractivity contribution in [1.29, 1.82) is 0 Å². The summed E-state index contributed by atoms with van der Waals surface area (Å²) in [6.45, 7) is 3.25. The van der Waals surface area contributed by atoms with Gasteiger partial charge in [-0.15, -0.1) is 0 Å². The highest BCUT2D eigenvalue weighted by Crippen LogP contribution is 2.32. The molecule has 0 amide bonds. The molecule has 2 heterocycles. The van der Waals surface area contributed by atoms with Crippen LogP contribution in [0.1, 0.15) is 24.0 Å². The Kier molecular flexibility index (Phi) is 3.21. The molecular weight excluding hydrogens is 282 g/mol. The topological polar surface area (TPSA) is 30.5 Å². The molecular formula is C13H16BrNO2. The first kappa shape index (κ1) is 11.7. The second-order valence-electron chi connectivity index (χ2n) is 4.65. The van der Waals surface area contributed by atoms with Crippen LogP contribution in [0.25, 0.3) is 0 Å². The lowest BCUT2D eigenvalue weighted by molar-refractivity contribution is -0.255. The fourth-order valence-corrected chi connectivity index (χ4v) is 2.83. The van der Waals surface area contributed by atoms with Crippen molar-refractivity contribution in [2.24, 2.45) is 0 Å². The van der Waals surface area contributed by atoms with Crippen LogP contribution in [0, 0.1) is 0 Å². The molecule has 0 bridgehead atoms. The van der Waals surface area contributed by atoms with Crippen molar-refractivity contribution in [3.63, 3.8) is 0 Å². The molecule has 2 aliphatic heterocycles. The molecule has 0 radical (unpaired) electrons. The molecule has 4 heteroatoms. The molecule has 1 saturated heterocycles. The van der Waals surface area contributed by atoms with Gasteiger partial charge >= 0.3 is 0 Å². The molecule has 1 fully saturated rings. The van der Waals surface area contributed by atoms with Crippen LogP contribution in [-0.2, 0) is 22.7 Å². The van der Waals surface area contributed by atoms with E-state index in [1.165, 1.54) is 11.1 Å². The Morgan fingerprint density at radius 2 is 1.76 bits per heavy atom. The zero-order valence-electron chi connectivity index (χ0n) is 9.67. The standard InChI is InChI=1S/C13H16BrNO2/c14-12-2-1-10-8-16-13(3-5-15-6-4-13)17-9-11(10)7-12/h1-2,7,15H,3-6,8-9H2. The van der Waals surface area contributed by atoms with Crippen LogP contribution >= 0.6 is 15.9 Å². The Labute approximate surface area is 110 Å². The smallest absolute Gasteiger partial charge is 0.171 e. The number of rotatable bonds is 0. The van der Waals surface area contributed by atoms with E-state index in [9.17, 15) is 0 Å². The maximum atomic E-state index is 6.03. The highest BCUT2D eigenvalue weighted by atomic mass is 79.9. The van der Waals surface area contributed by atoms with Gasteiger partial charge in [0.25, 0.3) is 0 Å². The first-order valence-electron chi connectivity index (χ1n) is 6.03. The van der Waals surface area contributed by atoms with Gasteiger partial charge < -0.3 is 14.8 Å². The van der Waals surface area contributed by atoms with Crippen molar-refractivity contribution < 1.29 is 9.47 Å². The summed E-state index contributed by atoms with van der Waals surface area (Å²) in [5.74, 6) is -0.364.